The van der Waals surface area contributed by atoms with Gasteiger partial charge in [-0.3, -0.25) is 105 Å². The van der Waals surface area contributed by atoms with Gasteiger partial charge in [0.05, 0.1) is 50.9 Å². The maximum absolute atomic E-state index is 14.6. The number of amides is 18. The molecule has 52 heteroatoms. The van der Waals surface area contributed by atoms with Crippen LogP contribution in [0.5, 0.6) is 0 Å². The van der Waals surface area contributed by atoms with Gasteiger partial charge in [-0.1, -0.05) is 91.1 Å². The van der Waals surface area contributed by atoms with E-state index in [-0.39, 0.29) is 135 Å². The number of rotatable bonds is 65. The van der Waals surface area contributed by atoms with E-state index in [2.05, 4.69) is 74.4 Å². The number of aliphatic hydroxyl groups is 2. The van der Waals surface area contributed by atoms with E-state index >= 15 is 0 Å². The summed E-state index contributed by atoms with van der Waals surface area (Å²) in [6, 6.07) is -21.1. The first-order valence-electron chi connectivity index (χ1n) is 45.5. The molecule has 18 amide bonds. The minimum absolute atomic E-state index is 0.0146. The second kappa shape index (κ2) is 60.7. The quantitative estimate of drug-likeness (QED) is 0.0269. The molecule has 0 aromatic heterocycles. The molecule has 1 aromatic carbocycles. The molecule has 2 aliphatic heterocycles. The molecule has 0 spiro atoms. The minimum Gasteiger partial charge on any atom is -0.481 e. The largest absolute Gasteiger partial charge is 0.481 e. The number of nitrogens with two attached hydrogens (primary N) is 5. The van der Waals surface area contributed by atoms with Crippen molar-refractivity contribution in [2.24, 2.45) is 46.4 Å². The monoisotopic (exact) mass is 1980 g/mol. The predicted octanol–water partition coefficient (Wildman–Crippen LogP) is -8.03. The van der Waals surface area contributed by atoms with Crippen molar-refractivity contribution >= 4 is 148 Å². The molecule has 31 N–H and O–H groups in total. The number of aliphatic hydroxyl groups excluding tert-OH is 2. The number of nitrogens with one attached hydrogen (secondary N) is 14. The smallest absolute Gasteiger partial charge is 0.326 e. The number of unbranched alkanes of at least 4 members (excludes halogenated alkanes) is 2. The summed E-state index contributed by atoms with van der Waals surface area (Å²) < 4.78 is 0. The van der Waals surface area contributed by atoms with Gasteiger partial charge in [-0.05, 0) is 132 Å². The molecule has 0 saturated carbocycles. The Morgan fingerprint density at radius 2 is 0.746 bits per heavy atom. The van der Waals surface area contributed by atoms with Crippen LogP contribution in [0.15, 0.2) is 30.3 Å². The van der Waals surface area contributed by atoms with Crippen molar-refractivity contribution in [2.45, 2.75) is 299 Å². The Morgan fingerprint density at radius 1 is 0.399 bits per heavy atom. The third kappa shape index (κ3) is 40.1. The Morgan fingerprint density at radius 3 is 1.16 bits per heavy atom. The van der Waals surface area contributed by atoms with E-state index in [1.165, 1.54) is 25.6 Å². The van der Waals surface area contributed by atoms with E-state index < -0.39 is 308 Å². The molecule has 138 heavy (non-hydrogen) atoms. The van der Waals surface area contributed by atoms with Gasteiger partial charge in [0.1, 0.15) is 96.7 Å². The van der Waals surface area contributed by atoms with Gasteiger partial charge in [-0.25, -0.2) is 4.79 Å². The molecule has 1 aromatic rings. The van der Waals surface area contributed by atoms with E-state index in [0.29, 0.717) is 5.56 Å². The maximum Gasteiger partial charge on any atom is 0.326 e. The highest BCUT2D eigenvalue weighted by molar-refractivity contribution is 7.98. The molecular weight excluding hydrogens is 1840 g/mol. The number of carboxylic acids is 5. The van der Waals surface area contributed by atoms with E-state index in [1.807, 2.05) is 0 Å². The van der Waals surface area contributed by atoms with Crippen molar-refractivity contribution in [1.82, 2.24) is 84.2 Å². The zero-order valence-electron chi connectivity index (χ0n) is 78.5. The molecule has 21 atom stereocenters. The zero-order valence-corrected chi connectivity index (χ0v) is 79.3. The van der Waals surface area contributed by atoms with Crippen molar-refractivity contribution in [3.05, 3.63) is 35.9 Å². The number of aliphatic carboxylic acids is 5. The fourth-order valence-corrected chi connectivity index (χ4v) is 15.3. The molecule has 2 saturated heterocycles. The molecule has 2 fully saturated rings. The van der Waals surface area contributed by atoms with Gasteiger partial charge in [0.25, 0.3) is 0 Å². The molecule has 3 rings (SSSR count). The SMILES string of the molecule is CC[C@H](C)[C@H](NC(=O)[C@H](CC(N)=O)NC(=O)[C@H](CC(=O)O)NC(=O)[C@@H]1CCCN1C(=O)[C@@H]1CCCN1C(=O)[C@H](CC(N)=O)NC(=O)[C@H](CCSC)NC(=O)[C@@H](N)CCC(=O)O)C(=O)N[C@@H](CCCCN)C(=O)N[C@@H](CC(=O)O)C(=O)N[C@H](C(=O)N[C@@H](CCCCN)C(=O)N[C@@H](CO)C(=O)N[C@@H](CC(=O)O)C(=O)N[C@H](C(=O)N[C@H](C(=O)N[C@@H](Cc1ccccc1)C(=O)O)[C@@H](C)CC)[C@@H](C)CC)[C@@H](C)O. The highest BCUT2D eigenvalue weighted by Crippen LogP contribution is 2.27. The van der Waals surface area contributed by atoms with Crippen molar-refractivity contribution < 1.29 is 146 Å². The predicted molar refractivity (Wildman–Crippen MR) is 489 cm³/mol. The lowest BCUT2D eigenvalue weighted by molar-refractivity contribution is -0.149. The summed E-state index contributed by atoms with van der Waals surface area (Å²) in [5.74, 6) is -30.7. The third-order valence-corrected chi connectivity index (χ3v) is 24.0. The maximum atomic E-state index is 14.6. The van der Waals surface area contributed by atoms with Gasteiger partial charge in [-0.2, -0.15) is 11.8 Å². The average Bonchev–Trinajstić information content (AvgIpc) is 1.64. The van der Waals surface area contributed by atoms with Crippen LogP contribution in [0.2, 0.25) is 0 Å². The second-order valence-corrected chi connectivity index (χ2v) is 35.1. The highest BCUT2D eigenvalue weighted by atomic mass is 32.2. The lowest BCUT2D eigenvalue weighted by Gasteiger charge is -2.33. The summed E-state index contributed by atoms with van der Waals surface area (Å²) in [6.07, 6.45) is -6.15. The first-order chi connectivity index (χ1) is 65.0. The molecular formula is C86H137N21O30S. The number of nitrogens with zero attached hydrogens (tertiary/aromatic N) is 2. The van der Waals surface area contributed by atoms with E-state index in [0.717, 1.165) is 16.7 Å². The molecule has 0 aliphatic carbocycles. The Balaban J connectivity index is 1.89. The molecule has 0 unspecified atom stereocenters. The Bertz CT molecular complexity index is 4400. The number of hydrogen-bond acceptors (Lipinski definition) is 29. The third-order valence-electron chi connectivity index (χ3n) is 23.3. The summed E-state index contributed by atoms with van der Waals surface area (Å²) in [5.41, 5.74) is 29.0. The fourth-order valence-electron chi connectivity index (χ4n) is 14.8. The standard InChI is InChI=1S/C86H137N21O30S/c1-9-42(4)66(102-75(125)51(36-60(90)110)95-74(124)52(38-63(114)115)98-79(129)58-25-19-32-106(58)85(135)59-26-20-33-107(59)84(134)55(37-61(91)111)99-73(123)50(29-34-138-8)92-70(120)47(89)27-28-62(112)113)80(130)93-48(23-15-17-30-87)71(121)96-54(40-65(118)119)77(127)105-69(45(7)109)83(133)94-49(24-16-18-31-88)72(122)101-57(41-108)78(128)97-53(39-64(116)117)76(126)103-68(44(6)11-3)82(132)104-67(43(5)10-2)81(131)100-56(86(136)137)35-46-21-13-12-14-22-46/h12-14,21-22,42-45,47-59,66-69,108-109H,9-11,15-20,23-41,87-89H2,1-8H3,(H2,90,110)(H2,91,111)(H,92,120)(H,93,130)(H,94,133)(H,95,124)(H,96,121)(H,97,128)(H,98,129)(H,99,123)(H,100,131)(H,101,122)(H,102,125)(H,103,126)(H,104,132)(H,105,127)(H,112,113)(H,114,115)(H,116,117)(H,118,119)(H,136,137)/t42-,43-,44-,45+,47-,48-,49-,50-,51-,52-,53-,54-,55-,56-,57-,58-,59-,66-,67-,68-,69-/m0/s1. The number of likely N-dealkylation sites (tertiary alicyclic amines) is 2. The first kappa shape index (κ1) is 119. The lowest BCUT2D eigenvalue weighted by atomic mass is 9.94. The van der Waals surface area contributed by atoms with Gasteiger partial charge >= 0.3 is 29.8 Å². The van der Waals surface area contributed by atoms with Crippen molar-refractivity contribution in [3.63, 3.8) is 0 Å². The number of benzene rings is 1. The summed E-state index contributed by atoms with van der Waals surface area (Å²) >= 11 is 1.28. The van der Waals surface area contributed by atoms with Crippen LogP contribution >= 0.6 is 11.8 Å². The summed E-state index contributed by atoms with van der Waals surface area (Å²) in [4.78, 5) is 315. The molecule has 2 heterocycles. The van der Waals surface area contributed by atoms with Crippen LogP contribution in [-0.2, 0) is 117 Å². The van der Waals surface area contributed by atoms with Crippen molar-refractivity contribution in [3.8, 4) is 0 Å². The lowest BCUT2D eigenvalue weighted by Crippen LogP contribution is -2.63. The van der Waals surface area contributed by atoms with Gasteiger partial charge in [0, 0.05) is 25.9 Å². The first-order valence-corrected chi connectivity index (χ1v) is 46.9. The van der Waals surface area contributed by atoms with Crippen LogP contribution in [-0.4, -0.2) is 335 Å². The van der Waals surface area contributed by atoms with Crippen molar-refractivity contribution in [1.29, 1.82) is 0 Å². The fraction of sp³-hybridized carbons (Fsp3) is 0.663. The number of hydrogen-bond donors (Lipinski definition) is 26. The Labute approximate surface area is 800 Å². The average molecular weight is 1980 g/mol. The highest BCUT2D eigenvalue weighted by Gasteiger charge is 2.47. The van der Waals surface area contributed by atoms with Crippen LogP contribution in [0.1, 0.15) is 189 Å². The summed E-state index contributed by atoms with van der Waals surface area (Å²) in [5, 5.41) is 103. The number of primary amides is 2. The van der Waals surface area contributed by atoms with Crippen LogP contribution < -0.4 is 103 Å². The van der Waals surface area contributed by atoms with Gasteiger partial charge in [0.15, 0.2) is 0 Å². The normalized spacial score (nSPS) is 17.5. The summed E-state index contributed by atoms with van der Waals surface area (Å²) in [6.45, 7) is 8.95. The van der Waals surface area contributed by atoms with Crippen LogP contribution in [0.4, 0.5) is 0 Å². The van der Waals surface area contributed by atoms with E-state index in [1.54, 1.807) is 64.3 Å². The van der Waals surface area contributed by atoms with Crippen LogP contribution in [0.3, 0.4) is 0 Å². The summed E-state index contributed by atoms with van der Waals surface area (Å²) in [7, 11) is 0. The van der Waals surface area contributed by atoms with Crippen LogP contribution in [0.25, 0.3) is 0 Å². The van der Waals surface area contributed by atoms with E-state index in [4.69, 9.17) is 33.8 Å². The molecule has 0 bridgehead atoms. The van der Waals surface area contributed by atoms with Gasteiger partial charge in [0.2, 0.25) is 106 Å². The van der Waals surface area contributed by atoms with E-state index in [9.17, 15) is 141 Å². The molecule has 2 aliphatic rings. The Hall–Kier alpha value is -12.8. The number of thioether (sulfide) groups is 1. The molecule has 51 nitrogen and oxygen atoms in total. The zero-order chi connectivity index (χ0) is 104. The second-order valence-electron chi connectivity index (χ2n) is 34.1. The van der Waals surface area contributed by atoms with Gasteiger partial charge < -0.3 is 149 Å². The topological polar surface area (TPSA) is 839 Å². The molecule has 0 radical (unpaired) electrons. The minimum atomic E-state index is -2.19. The number of carboxylic acid groups (broad SMARTS) is 5. The van der Waals surface area contributed by atoms with Gasteiger partial charge in [-0.15, -0.1) is 0 Å². The number of carbonyl (C=O) groups excluding carboxylic acids is 18. The number of carbonyl (C=O) groups is 23. The van der Waals surface area contributed by atoms with Crippen LogP contribution in [0, 0.1) is 17.8 Å². The molecule has 772 valence electrons. The Kier molecular flexibility index (Phi) is 52.5. The van der Waals surface area contributed by atoms with Crippen molar-refractivity contribution in [2.75, 3.05) is 44.8 Å².